The third kappa shape index (κ3) is 3.72. The summed E-state index contributed by atoms with van der Waals surface area (Å²) in [4.78, 5) is 20.9. The van der Waals surface area contributed by atoms with Gasteiger partial charge in [0.25, 0.3) is 0 Å². The molecular formula is C21H22N6O2S. The van der Waals surface area contributed by atoms with E-state index < -0.39 is 17.0 Å². The van der Waals surface area contributed by atoms with Gasteiger partial charge in [-0.05, 0) is 72.9 Å². The number of aryl methyl sites for hydroxylation is 2. The highest BCUT2D eigenvalue weighted by Crippen LogP contribution is 2.38. The van der Waals surface area contributed by atoms with Crippen LogP contribution >= 0.6 is 0 Å². The molecule has 3 aromatic rings. The summed E-state index contributed by atoms with van der Waals surface area (Å²) < 4.78 is 16.7. The largest absolute Gasteiger partial charge is 0.331 e. The van der Waals surface area contributed by atoms with Crippen molar-refractivity contribution in [2.75, 3.05) is 5.32 Å². The lowest BCUT2D eigenvalue weighted by Crippen LogP contribution is -2.31. The highest BCUT2D eigenvalue weighted by molar-refractivity contribution is 7.83. The SMILES string of the molecule is O=C(Nc1c2c(cc3c1CCC3)CCC2)NS(=O)c1ccn(Cc2ncccn2)n1. The third-order valence-electron chi connectivity index (χ3n) is 5.63. The molecule has 0 aliphatic heterocycles. The van der Waals surface area contributed by atoms with Gasteiger partial charge < -0.3 is 5.32 Å². The number of hydrogen-bond acceptors (Lipinski definition) is 5. The van der Waals surface area contributed by atoms with Crippen LogP contribution < -0.4 is 10.0 Å². The zero-order chi connectivity index (χ0) is 20.5. The Bertz CT molecular complexity index is 1100. The summed E-state index contributed by atoms with van der Waals surface area (Å²) in [6, 6.07) is 5.21. The Morgan fingerprint density at radius 1 is 1.07 bits per heavy atom. The number of amides is 2. The van der Waals surface area contributed by atoms with Gasteiger partial charge in [0, 0.05) is 24.3 Å². The van der Waals surface area contributed by atoms with Gasteiger partial charge in [0.2, 0.25) is 0 Å². The Morgan fingerprint density at radius 2 is 1.77 bits per heavy atom. The predicted octanol–water partition coefficient (Wildman–Crippen LogP) is 2.54. The molecule has 2 aliphatic rings. The number of hydrogen-bond donors (Lipinski definition) is 2. The highest BCUT2D eigenvalue weighted by atomic mass is 32.2. The summed E-state index contributed by atoms with van der Waals surface area (Å²) in [5.74, 6) is 0.607. The van der Waals surface area contributed by atoms with Crippen molar-refractivity contribution in [3.05, 3.63) is 64.9 Å². The molecule has 2 amide bonds. The number of aromatic nitrogens is 4. The molecule has 154 valence electrons. The van der Waals surface area contributed by atoms with Crippen LogP contribution in [0.15, 0.2) is 41.8 Å². The highest BCUT2D eigenvalue weighted by Gasteiger charge is 2.25. The minimum absolute atomic E-state index is 0.282. The van der Waals surface area contributed by atoms with Crippen LogP contribution in [0.1, 0.15) is 40.9 Å². The molecule has 0 spiro atoms. The molecule has 9 heteroatoms. The van der Waals surface area contributed by atoms with E-state index in [4.69, 9.17) is 0 Å². The summed E-state index contributed by atoms with van der Waals surface area (Å²) in [6.07, 6.45) is 11.3. The van der Waals surface area contributed by atoms with Gasteiger partial charge >= 0.3 is 6.03 Å². The van der Waals surface area contributed by atoms with Crippen LogP contribution in [0.4, 0.5) is 10.5 Å². The van der Waals surface area contributed by atoms with E-state index in [0.717, 1.165) is 44.2 Å². The average molecular weight is 423 g/mol. The Morgan fingerprint density at radius 3 is 2.47 bits per heavy atom. The Balaban J connectivity index is 1.27. The summed E-state index contributed by atoms with van der Waals surface area (Å²) in [5.41, 5.74) is 6.09. The van der Waals surface area contributed by atoms with Crippen molar-refractivity contribution in [1.82, 2.24) is 24.5 Å². The van der Waals surface area contributed by atoms with Crippen molar-refractivity contribution in [3.63, 3.8) is 0 Å². The van der Waals surface area contributed by atoms with Crippen molar-refractivity contribution in [3.8, 4) is 0 Å². The molecule has 1 aromatic carbocycles. The fourth-order valence-electron chi connectivity index (χ4n) is 4.33. The lowest BCUT2D eigenvalue weighted by molar-refractivity contribution is 0.257. The molecule has 0 saturated heterocycles. The van der Waals surface area contributed by atoms with Crippen LogP contribution in [0.3, 0.4) is 0 Å². The van der Waals surface area contributed by atoms with Crippen LogP contribution in [0.25, 0.3) is 0 Å². The minimum Gasteiger partial charge on any atom is -0.307 e. The van der Waals surface area contributed by atoms with Gasteiger partial charge in [-0.25, -0.2) is 19.0 Å². The average Bonchev–Trinajstić information content (AvgIpc) is 3.49. The smallest absolute Gasteiger partial charge is 0.307 e. The topological polar surface area (TPSA) is 102 Å². The monoisotopic (exact) mass is 422 g/mol. The van der Waals surface area contributed by atoms with Crippen LogP contribution in [0.5, 0.6) is 0 Å². The second-order valence-corrected chi connectivity index (χ2v) is 8.74. The zero-order valence-corrected chi connectivity index (χ0v) is 17.2. The van der Waals surface area contributed by atoms with E-state index in [-0.39, 0.29) is 5.03 Å². The van der Waals surface area contributed by atoms with Crippen LogP contribution in [0, 0.1) is 0 Å². The molecule has 0 saturated carbocycles. The number of carbonyl (C=O) groups is 1. The van der Waals surface area contributed by atoms with E-state index in [1.54, 1.807) is 35.4 Å². The maximum atomic E-state index is 12.6. The van der Waals surface area contributed by atoms with Gasteiger partial charge in [-0.2, -0.15) is 5.10 Å². The van der Waals surface area contributed by atoms with Crippen molar-refractivity contribution in [1.29, 1.82) is 0 Å². The Kier molecular flexibility index (Phi) is 5.04. The van der Waals surface area contributed by atoms with Crippen molar-refractivity contribution in [2.45, 2.75) is 50.1 Å². The maximum Gasteiger partial charge on any atom is 0.331 e. The van der Waals surface area contributed by atoms with E-state index >= 15 is 0 Å². The van der Waals surface area contributed by atoms with Crippen molar-refractivity contribution in [2.24, 2.45) is 0 Å². The molecule has 5 rings (SSSR count). The van der Waals surface area contributed by atoms with Crippen LogP contribution in [-0.2, 0) is 43.2 Å². The molecule has 2 N–H and O–H groups in total. The predicted molar refractivity (Wildman–Crippen MR) is 112 cm³/mol. The number of carbonyl (C=O) groups excluding carboxylic acids is 1. The number of anilines is 1. The Labute approximate surface area is 176 Å². The van der Waals surface area contributed by atoms with Gasteiger partial charge in [-0.1, -0.05) is 6.07 Å². The van der Waals surface area contributed by atoms with Gasteiger partial charge in [-0.15, -0.1) is 0 Å². The van der Waals surface area contributed by atoms with Crippen molar-refractivity contribution < 1.29 is 9.00 Å². The van der Waals surface area contributed by atoms with E-state index in [2.05, 4.69) is 31.2 Å². The first kappa shape index (κ1) is 18.9. The fourth-order valence-corrected chi connectivity index (χ4v) is 5.02. The molecule has 2 aliphatic carbocycles. The quantitative estimate of drug-likeness (QED) is 0.658. The van der Waals surface area contributed by atoms with E-state index in [0.29, 0.717) is 12.4 Å². The normalized spacial score (nSPS) is 15.5. The van der Waals surface area contributed by atoms with E-state index in [1.807, 2.05) is 0 Å². The van der Waals surface area contributed by atoms with Crippen molar-refractivity contribution >= 4 is 22.7 Å². The fraction of sp³-hybridized carbons (Fsp3) is 0.333. The standard InChI is InChI=1S/C21H22N6O2S/c28-21(24-20-16-6-1-4-14(16)12-15-5-2-7-17(15)20)26-30(29)19-8-11-27(25-19)13-18-22-9-3-10-23-18/h3,8-12H,1-2,4-7,13H2,(H2,24,26,28). The van der Waals surface area contributed by atoms with Crippen LogP contribution in [0.2, 0.25) is 0 Å². The molecule has 0 fully saturated rings. The summed E-state index contributed by atoms with van der Waals surface area (Å²) in [7, 11) is -1.76. The number of fused-ring (bicyclic) bond motifs is 2. The van der Waals surface area contributed by atoms with Crippen LogP contribution in [-0.4, -0.2) is 30.0 Å². The molecule has 0 bridgehead atoms. The Hall–Kier alpha value is -3.07. The summed E-state index contributed by atoms with van der Waals surface area (Å²) in [6.45, 7) is 0.368. The number of rotatable bonds is 5. The van der Waals surface area contributed by atoms with Gasteiger partial charge in [0.15, 0.2) is 16.0 Å². The summed E-state index contributed by atoms with van der Waals surface area (Å²) in [5, 5.41) is 7.55. The lowest BCUT2D eigenvalue weighted by atomic mass is 9.99. The first-order chi connectivity index (χ1) is 14.7. The molecule has 30 heavy (non-hydrogen) atoms. The number of nitrogens with zero attached hydrogens (tertiary/aromatic N) is 4. The summed E-state index contributed by atoms with van der Waals surface area (Å²) >= 11 is 0. The molecule has 2 aromatic heterocycles. The molecule has 0 radical (unpaired) electrons. The number of nitrogens with one attached hydrogen (secondary N) is 2. The van der Waals surface area contributed by atoms with E-state index in [9.17, 15) is 9.00 Å². The van der Waals surface area contributed by atoms with E-state index in [1.165, 1.54) is 22.3 Å². The zero-order valence-electron chi connectivity index (χ0n) is 16.4. The molecule has 1 atom stereocenters. The van der Waals surface area contributed by atoms with Gasteiger partial charge in [0.05, 0.1) is 0 Å². The van der Waals surface area contributed by atoms with Gasteiger partial charge in [0.1, 0.15) is 12.4 Å². The van der Waals surface area contributed by atoms with Gasteiger partial charge in [-0.3, -0.25) is 9.40 Å². The molecule has 8 nitrogen and oxygen atoms in total. The minimum atomic E-state index is -1.76. The second-order valence-electron chi connectivity index (χ2n) is 7.58. The first-order valence-corrected chi connectivity index (χ1v) is 11.3. The molecular weight excluding hydrogens is 400 g/mol. The molecule has 2 heterocycles. The molecule has 1 unspecified atom stereocenters. The lowest BCUT2D eigenvalue weighted by Gasteiger charge is -2.16. The second kappa shape index (κ2) is 7.98. The number of urea groups is 1. The first-order valence-electron chi connectivity index (χ1n) is 10.1. The maximum absolute atomic E-state index is 12.6. The number of benzene rings is 1. The third-order valence-corrected chi connectivity index (χ3v) is 6.59.